The van der Waals surface area contributed by atoms with Crippen LogP contribution in [0.4, 0.5) is 0 Å². The molecule has 62 valence electrons. The molecule has 0 bridgehead atoms. The van der Waals surface area contributed by atoms with Gasteiger partial charge in [-0.1, -0.05) is 24.3 Å². The lowest BCUT2D eigenvalue weighted by Gasteiger charge is -2.21. The van der Waals surface area contributed by atoms with Crippen LogP contribution in [-0.2, 0) is 0 Å². The van der Waals surface area contributed by atoms with Crippen molar-refractivity contribution >= 4 is 6.21 Å². The highest BCUT2D eigenvalue weighted by Gasteiger charge is 2.20. The zero-order chi connectivity index (χ0) is 8.55. The van der Waals surface area contributed by atoms with Gasteiger partial charge in [0, 0.05) is 6.21 Å². The summed E-state index contributed by atoms with van der Waals surface area (Å²) in [6.45, 7) is 1.91. The van der Waals surface area contributed by atoms with Gasteiger partial charge < -0.3 is 5.11 Å². The third-order valence-electron chi connectivity index (χ3n) is 2.22. The molecule has 2 nitrogen and oxygen atoms in total. The molecule has 2 heteroatoms. The highest BCUT2D eigenvalue weighted by molar-refractivity contribution is 5.83. The van der Waals surface area contributed by atoms with E-state index in [2.05, 4.69) is 4.99 Å². The largest absolute Gasteiger partial charge is 0.386 e. The van der Waals surface area contributed by atoms with Gasteiger partial charge in [-0.05, 0) is 18.1 Å². The zero-order valence-electron chi connectivity index (χ0n) is 6.94. The van der Waals surface area contributed by atoms with Crippen molar-refractivity contribution in [1.29, 1.82) is 0 Å². The minimum absolute atomic E-state index is 0.0140. The van der Waals surface area contributed by atoms with Crippen molar-refractivity contribution in [3.63, 3.8) is 0 Å². The van der Waals surface area contributed by atoms with Crippen molar-refractivity contribution in [2.75, 3.05) is 0 Å². The number of aliphatic hydroxyl groups is 1. The predicted molar refractivity (Wildman–Crippen MR) is 48.5 cm³/mol. The average molecular weight is 161 g/mol. The molecule has 1 aromatic carbocycles. The summed E-state index contributed by atoms with van der Waals surface area (Å²) in [4.78, 5) is 4.18. The topological polar surface area (TPSA) is 32.6 Å². The van der Waals surface area contributed by atoms with Gasteiger partial charge in [-0.2, -0.15) is 0 Å². The summed E-state index contributed by atoms with van der Waals surface area (Å²) in [5, 5.41) is 9.72. The van der Waals surface area contributed by atoms with E-state index in [4.69, 9.17) is 0 Å². The molecule has 2 unspecified atom stereocenters. The molecule has 0 spiro atoms. The Morgan fingerprint density at radius 2 is 2.08 bits per heavy atom. The van der Waals surface area contributed by atoms with E-state index >= 15 is 0 Å². The van der Waals surface area contributed by atoms with Crippen molar-refractivity contribution in [2.24, 2.45) is 4.99 Å². The Morgan fingerprint density at radius 3 is 2.92 bits per heavy atom. The number of aliphatic hydroxyl groups excluding tert-OH is 1. The normalized spacial score (nSPS) is 26.8. The second-order valence-electron chi connectivity index (χ2n) is 3.09. The fourth-order valence-corrected chi connectivity index (χ4v) is 1.44. The van der Waals surface area contributed by atoms with Gasteiger partial charge in [0.2, 0.25) is 0 Å². The van der Waals surface area contributed by atoms with Gasteiger partial charge >= 0.3 is 0 Å². The summed E-state index contributed by atoms with van der Waals surface area (Å²) >= 11 is 0. The van der Waals surface area contributed by atoms with E-state index in [1.54, 1.807) is 0 Å². The van der Waals surface area contributed by atoms with Gasteiger partial charge in [-0.3, -0.25) is 4.99 Å². The second kappa shape index (κ2) is 2.72. The minimum Gasteiger partial charge on any atom is -0.386 e. The molecule has 0 radical (unpaired) electrons. The van der Waals surface area contributed by atoms with Crippen LogP contribution >= 0.6 is 0 Å². The van der Waals surface area contributed by atoms with Crippen LogP contribution in [0.25, 0.3) is 0 Å². The Kier molecular flexibility index (Phi) is 1.70. The molecule has 1 heterocycles. The zero-order valence-corrected chi connectivity index (χ0v) is 6.94. The molecule has 2 atom stereocenters. The third-order valence-corrected chi connectivity index (χ3v) is 2.22. The monoisotopic (exact) mass is 161 g/mol. The van der Waals surface area contributed by atoms with E-state index in [9.17, 15) is 5.11 Å². The Labute approximate surface area is 71.6 Å². The van der Waals surface area contributed by atoms with Gasteiger partial charge in [0.1, 0.15) is 6.10 Å². The number of hydrogen-bond donors (Lipinski definition) is 1. The quantitative estimate of drug-likeness (QED) is 0.615. The van der Waals surface area contributed by atoms with Gasteiger partial charge in [0.25, 0.3) is 0 Å². The standard InChI is InChI=1S/C10H11NO/c1-7-10(12)9-5-3-2-4-8(9)6-11-7/h2-7,10,12H,1H3. The molecule has 1 N–H and O–H groups in total. The number of fused-ring (bicyclic) bond motifs is 1. The van der Waals surface area contributed by atoms with Crippen molar-refractivity contribution in [2.45, 2.75) is 19.1 Å². The number of aliphatic imine (C=N–C) groups is 1. The molecule has 0 saturated heterocycles. The lowest BCUT2D eigenvalue weighted by Crippen LogP contribution is -2.18. The lowest BCUT2D eigenvalue weighted by atomic mass is 9.96. The van der Waals surface area contributed by atoms with Crippen LogP contribution in [0.15, 0.2) is 29.3 Å². The predicted octanol–water partition coefficient (Wildman–Crippen LogP) is 1.54. The maximum absolute atomic E-state index is 9.72. The fourth-order valence-electron chi connectivity index (χ4n) is 1.44. The van der Waals surface area contributed by atoms with Gasteiger partial charge in [0.15, 0.2) is 0 Å². The molecule has 0 aliphatic carbocycles. The molecule has 0 aromatic heterocycles. The maximum Gasteiger partial charge on any atom is 0.102 e. The minimum atomic E-state index is -0.439. The molecule has 2 rings (SSSR count). The third kappa shape index (κ3) is 1.04. The van der Waals surface area contributed by atoms with Crippen LogP contribution in [0, 0.1) is 0 Å². The van der Waals surface area contributed by atoms with Crippen LogP contribution in [0.5, 0.6) is 0 Å². The van der Waals surface area contributed by atoms with Gasteiger partial charge in [0.05, 0.1) is 6.04 Å². The lowest BCUT2D eigenvalue weighted by molar-refractivity contribution is 0.152. The molecular formula is C10H11NO. The molecule has 1 aromatic rings. The molecule has 12 heavy (non-hydrogen) atoms. The summed E-state index contributed by atoms with van der Waals surface area (Å²) in [6, 6.07) is 7.79. The molecule has 0 fully saturated rings. The van der Waals surface area contributed by atoms with Crippen LogP contribution < -0.4 is 0 Å². The van der Waals surface area contributed by atoms with Crippen LogP contribution in [0.3, 0.4) is 0 Å². The van der Waals surface area contributed by atoms with Gasteiger partial charge in [-0.25, -0.2) is 0 Å². The van der Waals surface area contributed by atoms with Crippen molar-refractivity contribution < 1.29 is 5.11 Å². The first-order chi connectivity index (χ1) is 5.79. The van der Waals surface area contributed by atoms with Crippen molar-refractivity contribution in [3.05, 3.63) is 35.4 Å². The van der Waals surface area contributed by atoms with E-state index in [-0.39, 0.29) is 6.04 Å². The SMILES string of the molecule is CC1N=Cc2ccccc2C1O. The highest BCUT2D eigenvalue weighted by Crippen LogP contribution is 2.25. The number of nitrogens with zero attached hydrogens (tertiary/aromatic N) is 1. The molecular weight excluding hydrogens is 150 g/mol. The van der Waals surface area contributed by atoms with E-state index < -0.39 is 6.10 Å². The summed E-state index contributed by atoms with van der Waals surface area (Å²) < 4.78 is 0. The summed E-state index contributed by atoms with van der Waals surface area (Å²) in [5.41, 5.74) is 2.02. The maximum atomic E-state index is 9.72. The van der Waals surface area contributed by atoms with Crippen LogP contribution in [0.1, 0.15) is 24.2 Å². The molecule has 0 amide bonds. The Bertz CT molecular complexity index is 319. The fraction of sp³-hybridized carbons (Fsp3) is 0.300. The molecule has 1 aliphatic rings. The average Bonchev–Trinajstić information content (AvgIpc) is 2.12. The van der Waals surface area contributed by atoms with Crippen molar-refractivity contribution in [3.8, 4) is 0 Å². The second-order valence-corrected chi connectivity index (χ2v) is 3.09. The number of hydrogen-bond acceptors (Lipinski definition) is 2. The first kappa shape index (κ1) is 7.50. The van der Waals surface area contributed by atoms with E-state index in [0.29, 0.717) is 0 Å². The Balaban J connectivity index is 2.52. The molecule has 0 saturated carbocycles. The van der Waals surface area contributed by atoms with Crippen LogP contribution in [0.2, 0.25) is 0 Å². The summed E-state index contributed by atoms with van der Waals surface area (Å²) in [7, 11) is 0. The smallest absolute Gasteiger partial charge is 0.102 e. The summed E-state index contributed by atoms with van der Waals surface area (Å²) in [5.74, 6) is 0. The first-order valence-electron chi connectivity index (χ1n) is 4.09. The Hall–Kier alpha value is -1.15. The van der Waals surface area contributed by atoms with E-state index in [0.717, 1.165) is 11.1 Å². The number of benzene rings is 1. The van der Waals surface area contributed by atoms with E-state index in [1.165, 1.54) is 0 Å². The van der Waals surface area contributed by atoms with Crippen LogP contribution in [-0.4, -0.2) is 17.4 Å². The first-order valence-corrected chi connectivity index (χ1v) is 4.09. The Morgan fingerprint density at radius 1 is 1.33 bits per heavy atom. The van der Waals surface area contributed by atoms with E-state index in [1.807, 2.05) is 37.4 Å². The summed E-state index contributed by atoms with van der Waals surface area (Å²) in [6.07, 6.45) is 1.39. The van der Waals surface area contributed by atoms with Gasteiger partial charge in [-0.15, -0.1) is 0 Å². The van der Waals surface area contributed by atoms with Crippen molar-refractivity contribution in [1.82, 2.24) is 0 Å². The highest BCUT2D eigenvalue weighted by atomic mass is 16.3. The number of rotatable bonds is 0. The molecule has 1 aliphatic heterocycles.